The maximum Gasteiger partial charge on any atom is 0.146 e. The second-order valence-electron chi connectivity index (χ2n) is 18.1. The smallest absolute Gasteiger partial charge is 0.146 e. The Morgan fingerprint density at radius 2 is 1.06 bits per heavy atom. The lowest BCUT2D eigenvalue weighted by Crippen LogP contribution is -2.25. The van der Waals surface area contributed by atoms with Gasteiger partial charge in [0.2, 0.25) is 0 Å². The molecule has 2 heterocycles. The number of allylic oxidation sites excluding steroid dienone is 6. The number of rotatable bonds is 4. The van der Waals surface area contributed by atoms with Crippen LogP contribution < -0.4 is 0 Å². The Morgan fingerprint density at radius 1 is 0.492 bits per heavy atom. The second kappa shape index (κ2) is 14.0. The molecular formula is C61H44N2. The van der Waals surface area contributed by atoms with Gasteiger partial charge in [-0.2, -0.15) is 0 Å². The molecule has 13 rings (SSSR count). The summed E-state index contributed by atoms with van der Waals surface area (Å²) in [5.41, 5.74) is 14.6. The van der Waals surface area contributed by atoms with Crippen molar-refractivity contribution in [3.05, 3.63) is 211 Å². The molecule has 2 nitrogen and oxygen atoms in total. The van der Waals surface area contributed by atoms with Crippen LogP contribution in [0.4, 0.5) is 0 Å². The SMILES string of the molecule is CC1C=CC=C2C=C(c3cc4cc(-c5ccc6c(-c7ccc8ccccc8c7)c7ccccc7c(-c7ccc8ccccc8c7)c6c5)ccc4c4nc5ccccc5n34)CC(C)C21. The van der Waals surface area contributed by atoms with Crippen molar-refractivity contribution in [3.8, 4) is 33.4 Å². The van der Waals surface area contributed by atoms with E-state index in [9.17, 15) is 0 Å². The van der Waals surface area contributed by atoms with E-state index in [2.05, 4.69) is 218 Å². The molecule has 2 aliphatic carbocycles. The largest absolute Gasteiger partial charge is 0.292 e. The van der Waals surface area contributed by atoms with Crippen LogP contribution in [0.2, 0.25) is 0 Å². The Balaban J connectivity index is 1.06. The van der Waals surface area contributed by atoms with Crippen LogP contribution in [0.1, 0.15) is 26.0 Å². The zero-order chi connectivity index (χ0) is 41.8. The number of benzene rings is 9. The minimum Gasteiger partial charge on any atom is -0.292 e. The van der Waals surface area contributed by atoms with Gasteiger partial charge in [0.05, 0.1) is 16.7 Å². The standard InChI is InChI=1S/C61H44N2/c1-37-12-11-17-45-34-49(30-38(2)58(37)45)57-36-48-33-43(26-28-50(48)61-62-55-20-9-10-21-56(55)63(57)61)44-27-29-53-54(35-44)60(47-25-23-40-14-4-6-16-42(40)32-47)52-19-8-7-18-51(52)59(53)46-24-22-39-13-3-5-15-41(39)31-46/h3-29,31-38,58H,30H2,1-2H3. The molecule has 0 aliphatic heterocycles. The molecule has 11 aromatic rings. The van der Waals surface area contributed by atoms with Gasteiger partial charge in [-0.15, -0.1) is 0 Å². The van der Waals surface area contributed by atoms with Gasteiger partial charge in [-0.05, 0) is 160 Å². The van der Waals surface area contributed by atoms with Gasteiger partial charge in [-0.1, -0.05) is 172 Å². The van der Waals surface area contributed by atoms with Crippen molar-refractivity contribution in [2.45, 2.75) is 20.3 Å². The summed E-state index contributed by atoms with van der Waals surface area (Å²) in [5.74, 6) is 1.62. The monoisotopic (exact) mass is 804 g/mol. The lowest BCUT2D eigenvalue weighted by atomic mass is 9.69. The molecule has 3 unspecified atom stereocenters. The third-order valence-corrected chi connectivity index (χ3v) is 14.3. The number of aromatic nitrogens is 2. The summed E-state index contributed by atoms with van der Waals surface area (Å²) in [7, 11) is 0. The Morgan fingerprint density at radius 3 is 1.79 bits per heavy atom. The molecule has 3 atom stereocenters. The van der Waals surface area contributed by atoms with Gasteiger partial charge >= 0.3 is 0 Å². The first kappa shape index (κ1) is 36.1. The van der Waals surface area contributed by atoms with Crippen LogP contribution in [-0.4, -0.2) is 9.38 Å². The Labute approximate surface area is 366 Å². The zero-order valence-corrected chi connectivity index (χ0v) is 35.4. The van der Waals surface area contributed by atoms with E-state index in [1.54, 1.807) is 0 Å². The first-order valence-corrected chi connectivity index (χ1v) is 22.4. The van der Waals surface area contributed by atoms with Gasteiger partial charge in [0.25, 0.3) is 0 Å². The minimum atomic E-state index is 0.535. The van der Waals surface area contributed by atoms with Gasteiger partial charge in [0.1, 0.15) is 5.65 Å². The second-order valence-corrected chi connectivity index (χ2v) is 18.1. The van der Waals surface area contributed by atoms with Crippen molar-refractivity contribution in [3.63, 3.8) is 0 Å². The Hall–Kier alpha value is -7.55. The fourth-order valence-electron chi connectivity index (χ4n) is 11.4. The van der Waals surface area contributed by atoms with Crippen molar-refractivity contribution in [2.75, 3.05) is 0 Å². The van der Waals surface area contributed by atoms with E-state index in [0.717, 1.165) is 28.5 Å². The summed E-state index contributed by atoms with van der Waals surface area (Å²) in [6, 6.07) is 65.5. The molecule has 0 amide bonds. The van der Waals surface area contributed by atoms with Crippen LogP contribution in [0.3, 0.4) is 0 Å². The molecule has 0 N–H and O–H groups in total. The Bertz CT molecular complexity index is 3820. The van der Waals surface area contributed by atoms with E-state index in [1.807, 2.05) is 0 Å². The maximum absolute atomic E-state index is 5.32. The van der Waals surface area contributed by atoms with Crippen LogP contribution in [-0.2, 0) is 0 Å². The number of imidazole rings is 1. The molecule has 0 spiro atoms. The third-order valence-electron chi connectivity index (χ3n) is 14.3. The summed E-state index contributed by atoms with van der Waals surface area (Å²) >= 11 is 0. The van der Waals surface area contributed by atoms with Crippen molar-refractivity contribution >= 4 is 76.1 Å². The predicted octanol–water partition coefficient (Wildman–Crippen LogP) is 16.4. The van der Waals surface area contributed by atoms with Crippen molar-refractivity contribution in [1.29, 1.82) is 0 Å². The average Bonchev–Trinajstić information content (AvgIpc) is 3.72. The zero-order valence-electron chi connectivity index (χ0n) is 35.4. The van der Waals surface area contributed by atoms with Crippen LogP contribution in [0.25, 0.3) is 109 Å². The molecule has 0 radical (unpaired) electrons. The topological polar surface area (TPSA) is 17.3 Å². The lowest BCUT2D eigenvalue weighted by molar-refractivity contribution is 0.341. The number of fused-ring (bicyclic) bond motifs is 10. The molecule has 2 aliphatic rings. The van der Waals surface area contributed by atoms with Crippen molar-refractivity contribution < 1.29 is 0 Å². The lowest BCUT2D eigenvalue weighted by Gasteiger charge is -2.36. The van der Waals surface area contributed by atoms with E-state index in [4.69, 9.17) is 4.98 Å². The molecule has 0 fully saturated rings. The molecule has 2 aromatic heterocycles. The highest BCUT2D eigenvalue weighted by atomic mass is 15.0. The van der Waals surface area contributed by atoms with E-state index >= 15 is 0 Å². The number of nitrogens with zero attached hydrogens (tertiary/aromatic N) is 2. The van der Waals surface area contributed by atoms with Gasteiger partial charge in [-0.25, -0.2) is 4.98 Å². The molecule has 9 aromatic carbocycles. The highest BCUT2D eigenvalue weighted by molar-refractivity contribution is 6.22. The van der Waals surface area contributed by atoms with Gasteiger partial charge < -0.3 is 0 Å². The molecule has 0 saturated carbocycles. The molecule has 2 heteroatoms. The van der Waals surface area contributed by atoms with Gasteiger partial charge in [-0.3, -0.25) is 4.40 Å². The highest BCUT2D eigenvalue weighted by Gasteiger charge is 2.32. The fourth-order valence-corrected chi connectivity index (χ4v) is 11.4. The summed E-state index contributed by atoms with van der Waals surface area (Å²) in [4.78, 5) is 5.32. The third kappa shape index (κ3) is 5.68. The van der Waals surface area contributed by atoms with Crippen molar-refractivity contribution in [2.24, 2.45) is 17.8 Å². The van der Waals surface area contributed by atoms with Crippen LogP contribution in [0.5, 0.6) is 0 Å². The first-order valence-electron chi connectivity index (χ1n) is 22.4. The van der Waals surface area contributed by atoms with Crippen molar-refractivity contribution in [1.82, 2.24) is 9.38 Å². The summed E-state index contributed by atoms with van der Waals surface area (Å²) in [6.07, 6.45) is 10.5. The van der Waals surface area contributed by atoms with Gasteiger partial charge in [0, 0.05) is 5.39 Å². The quantitative estimate of drug-likeness (QED) is 0.162. The summed E-state index contributed by atoms with van der Waals surface area (Å²) in [6.45, 7) is 4.80. The minimum absolute atomic E-state index is 0.535. The molecule has 0 saturated heterocycles. The number of hydrogen-bond acceptors (Lipinski definition) is 1. The average molecular weight is 805 g/mol. The van der Waals surface area contributed by atoms with E-state index in [-0.39, 0.29) is 0 Å². The molecule has 298 valence electrons. The maximum atomic E-state index is 5.32. The summed E-state index contributed by atoms with van der Waals surface area (Å²) < 4.78 is 2.42. The highest BCUT2D eigenvalue weighted by Crippen LogP contribution is 2.47. The van der Waals surface area contributed by atoms with Crippen LogP contribution in [0.15, 0.2) is 206 Å². The number of pyridine rings is 1. The Kier molecular flexibility index (Phi) is 8.02. The first-order chi connectivity index (χ1) is 31.0. The van der Waals surface area contributed by atoms with Crippen LogP contribution >= 0.6 is 0 Å². The van der Waals surface area contributed by atoms with E-state index in [1.165, 1.54) is 98.7 Å². The fraction of sp³-hybridized carbons (Fsp3) is 0.0984. The summed E-state index contributed by atoms with van der Waals surface area (Å²) in [5, 5.41) is 12.4. The predicted molar refractivity (Wildman–Crippen MR) is 268 cm³/mol. The van der Waals surface area contributed by atoms with E-state index < -0.39 is 0 Å². The number of hydrogen-bond donors (Lipinski definition) is 0. The molecule has 0 bridgehead atoms. The molecule has 63 heavy (non-hydrogen) atoms. The number of para-hydroxylation sites is 2. The van der Waals surface area contributed by atoms with E-state index in [0.29, 0.717) is 17.8 Å². The van der Waals surface area contributed by atoms with Gasteiger partial charge in [0.15, 0.2) is 0 Å². The van der Waals surface area contributed by atoms with Crippen LogP contribution in [0, 0.1) is 17.8 Å². The molecular weight excluding hydrogens is 761 g/mol. The normalized spacial score (nSPS) is 17.6.